The van der Waals surface area contributed by atoms with Crippen LogP contribution in [0.2, 0.25) is 0 Å². The molecule has 5 heteroatoms. The highest BCUT2D eigenvalue weighted by Gasteiger charge is 2.06. The van der Waals surface area contributed by atoms with Crippen LogP contribution in [0.3, 0.4) is 0 Å². The van der Waals surface area contributed by atoms with Gasteiger partial charge in [0.1, 0.15) is 11.5 Å². The van der Waals surface area contributed by atoms with Crippen LogP contribution in [-0.2, 0) is 6.54 Å². The minimum absolute atomic E-state index is 0.296. The lowest BCUT2D eigenvalue weighted by molar-refractivity contribution is 0.404. The maximum atomic E-state index is 5.71. The number of hydrogen-bond donors (Lipinski definition) is 1. The van der Waals surface area contributed by atoms with E-state index in [4.69, 9.17) is 15.2 Å². The van der Waals surface area contributed by atoms with Crippen molar-refractivity contribution in [3.63, 3.8) is 0 Å². The molecule has 5 nitrogen and oxygen atoms in total. The Morgan fingerprint density at radius 3 is 2.71 bits per heavy atom. The summed E-state index contributed by atoms with van der Waals surface area (Å²) in [4.78, 5) is 8.58. The molecule has 0 unspecified atom stereocenters. The molecule has 106 valence electrons. The average Bonchev–Trinajstić information content (AvgIpc) is 2.54. The maximum Gasteiger partial charge on any atom is 0.322 e. The zero-order chi connectivity index (χ0) is 14.7. The molecule has 1 aromatic heterocycles. The van der Waals surface area contributed by atoms with Crippen LogP contribution in [0.15, 0.2) is 48.7 Å². The monoisotopic (exact) mass is 281 g/mol. The smallest absolute Gasteiger partial charge is 0.322 e. The van der Waals surface area contributed by atoms with Gasteiger partial charge in [-0.25, -0.2) is 4.98 Å². The molecule has 0 saturated heterocycles. The largest absolute Gasteiger partial charge is 0.497 e. The topological polar surface area (TPSA) is 70.3 Å². The number of aromatic nitrogens is 2. The van der Waals surface area contributed by atoms with Crippen molar-refractivity contribution in [1.29, 1.82) is 0 Å². The molecule has 0 radical (unpaired) electrons. The number of benzene rings is 2. The Morgan fingerprint density at radius 1 is 1.10 bits per heavy atom. The molecule has 2 aromatic carbocycles. The Bertz CT molecular complexity index is 752. The van der Waals surface area contributed by atoms with Crippen molar-refractivity contribution in [3.8, 4) is 17.5 Å². The number of methoxy groups -OCH3 is 1. The van der Waals surface area contributed by atoms with Gasteiger partial charge in [-0.15, -0.1) is 0 Å². The Hall–Kier alpha value is -2.66. The van der Waals surface area contributed by atoms with Gasteiger partial charge in [0, 0.05) is 24.2 Å². The average molecular weight is 281 g/mol. The van der Waals surface area contributed by atoms with E-state index >= 15 is 0 Å². The van der Waals surface area contributed by atoms with E-state index in [-0.39, 0.29) is 0 Å². The van der Waals surface area contributed by atoms with E-state index < -0.39 is 0 Å². The van der Waals surface area contributed by atoms with Gasteiger partial charge in [0.05, 0.1) is 12.6 Å². The molecule has 1 heterocycles. The Balaban J connectivity index is 1.94. The minimum Gasteiger partial charge on any atom is -0.497 e. The quantitative estimate of drug-likeness (QED) is 0.796. The molecule has 0 spiro atoms. The third-order valence-corrected chi connectivity index (χ3v) is 3.09. The van der Waals surface area contributed by atoms with E-state index in [1.54, 1.807) is 19.4 Å². The fourth-order valence-corrected chi connectivity index (χ4v) is 2.04. The van der Waals surface area contributed by atoms with Gasteiger partial charge in [0.15, 0.2) is 0 Å². The zero-order valence-corrected chi connectivity index (χ0v) is 11.6. The van der Waals surface area contributed by atoms with E-state index in [9.17, 15) is 0 Å². The highest BCUT2D eigenvalue weighted by molar-refractivity contribution is 5.77. The van der Waals surface area contributed by atoms with Crippen LogP contribution in [0.5, 0.6) is 17.5 Å². The normalized spacial score (nSPS) is 10.6. The van der Waals surface area contributed by atoms with Crippen molar-refractivity contribution in [3.05, 3.63) is 54.2 Å². The number of ether oxygens (including phenoxy) is 2. The molecule has 0 bridgehead atoms. The molecular weight excluding hydrogens is 266 g/mol. The second-order valence-corrected chi connectivity index (χ2v) is 4.53. The minimum atomic E-state index is 0.296. The summed E-state index contributed by atoms with van der Waals surface area (Å²) >= 11 is 0. The van der Waals surface area contributed by atoms with Crippen molar-refractivity contribution < 1.29 is 9.47 Å². The number of hydrogen-bond acceptors (Lipinski definition) is 5. The number of rotatable bonds is 4. The van der Waals surface area contributed by atoms with E-state index in [1.807, 2.05) is 36.4 Å². The summed E-state index contributed by atoms with van der Waals surface area (Å²) in [5.74, 6) is 1.29. The molecule has 2 N–H and O–H groups in total. The van der Waals surface area contributed by atoms with Gasteiger partial charge >= 0.3 is 6.01 Å². The summed E-state index contributed by atoms with van der Waals surface area (Å²) < 4.78 is 10.9. The van der Waals surface area contributed by atoms with E-state index in [0.29, 0.717) is 24.1 Å². The SMILES string of the molecule is COc1cc(CN)cc(Oc2ncc3ccccc3n2)c1. The maximum absolute atomic E-state index is 5.71. The molecule has 0 aliphatic carbocycles. The highest BCUT2D eigenvalue weighted by atomic mass is 16.5. The second-order valence-electron chi connectivity index (χ2n) is 4.53. The molecule has 0 aliphatic rings. The molecule has 0 saturated carbocycles. The first-order valence-electron chi connectivity index (χ1n) is 6.56. The molecular formula is C16H15N3O2. The first-order valence-corrected chi connectivity index (χ1v) is 6.56. The van der Waals surface area contributed by atoms with Gasteiger partial charge < -0.3 is 15.2 Å². The van der Waals surface area contributed by atoms with Crippen molar-refractivity contribution in [1.82, 2.24) is 9.97 Å². The first-order chi connectivity index (χ1) is 10.3. The Kier molecular flexibility index (Phi) is 3.66. The van der Waals surface area contributed by atoms with E-state index in [2.05, 4.69) is 9.97 Å². The van der Waals surface area contributed by atoms with Crippen LogP contribution in [0, 0.1) is 0 Å². The zero-order valence-electron chi connectivity index (χ0n) is 11.6. The number of nitrogens with zero attached hydrogens (tertiary/aromatic N) is 2. The fraction of sp³-hybridized carbons (Fsp3) is 0.125. The summed E-state index contributed by atoms with van der Waals surface area (Å²) in [6, 6.07) is 13.5. The van der Waals surface area contributed by atoms with Gasteiger partial charge in [-0.2, -0.15) is 4.98 Å². The number of para-hydroxylation sites is 1. The van der Waals surface area contributed by atoms with E-state index in [0.717, 1.165) is 16.5 Å². The van der Waals surface area contributed by atoms with Crippen molar-refractivity contribution in [2.45, 2.75) is 6.54 Å². The standard InChI is InChI=1S/C16H15N3O2/c1-20-13-6-11(9-17)7-14(8-13)21-16-18-10-12-4-2-3-5-15(12)19-16/h2-8,10H,9,17H2,1H3. The summed E-state index contributed by atoms with van der Waals surface area (Å²) in [7, 11) is 1.60. The summed E-state index contributed by atoms with van der Waals surface area (Å²) in [6.07, 6.45) is 1.74. The highest BCUT2D eigenvalue weighted by Crippen LogP contribution is 2.26. The third kappa shape index (κ3) is 2.93. The number of fused-ring (bicyclic) bond motifs is 1. The lowest BCUT2D eigenvalue weighted by Gasteiger charge is -2.08. The van der Waals surface area contributed by atoms with Gasteiger partial charge in [-0.3, -0.25) is 0 Å². The Labute approximate surface area is 122 Å². The summed E-state index contributed by atoms with van der Waals surface area (Å²) in [5, 5.41) is 0.970. The van der Waals surface area contributed by atoms with Gasteiger partial charge in [0.2, 0.25) is 0 Å². The molecule has 3 rings (SSSR count). The van der Waals surface area contributed by atoms with Crippen LogP contribution in [0.25, 0.3) is 10.9 Å². The molecule has 0 fully saturated rings. The molecule has 3 aromatic rings. The van der Waals surface area contributed by atoms with Crippen LogP contribution < -0.4 is 15.2 Å². The summed E-state index contributed by atoms with van der Waals surface area (Å²) in [5.41, 5.74) is 7.43. The van der Waals surface area contributed by atoms with Gasteiger partial charge in [-0.05, 0) is 23.8 Å². The first kappa shape index (κ1) is 13.3. The molecule has 21 heavy (non-hydrogen) atoms. The van der Waals surface area contributed by atoms with Crippen molar-refractivity contribution >= 4 is 10.9 Å². The predicted octanol–water partition coefficient (Wildman–Crippen LogP) is 2.89. The van der Waals surface area contributed by atoms with Crippen LogP contribution in [0.4, 0.5) is 0 Å². The Morgan fingerprint density at radius 2 is 1.90 bits per heavy atom. The van der Waals surface area contributed by atoms with Crippen LogP contribution >= 0.6 is 0 Å². The number of nitrogens with two attached hydrogens (primary N) is 1. The predicted molar refractivity (Wildman–Crippen MR) is 80.5 cm³/mol. The van der Waals surface area contributed by atoms with Gasteiger partial charge in [0.25, 0.3) is 0 Å². The lowest BCUT2D eigenvalue weighted by Crippen LogP contribution is -1.99. The van der Waals surface area contributed by atoms with Crippen LogP contribution in [-0.4, -0.2) is 17.1 Å². The fourth-order valence-electron chi connectivity index (χ4n) is 2.04. The van der Waals surface area contributed by atoms with Gasteiger partial charge in [-0.1, -0.05) is 18.2 Å². The van der Waals surface area contributed by atoms with E-state index in [1.165, 1.54) is 0 Å². The third-order valence-electron chi connectivity index (χ3n) is 3.09. The molecule has 0 atom stereocenters. The second kappa shape index (κ2) is 5.76. The van der Waals surface area contributed by atoms with Crippen molar-refractivity contribution in [2.24, 2.45) is 5.73 Å². The lowest BCUT2D eigenvalue weighted by atomic mass is 10.2. The van der Waals surface area contributed by atoms with Crippen molar-refractivity contribution in [2.75, 3.05) is 7.11 Å². The molecule has 0 amide bonds. The summed E-state index contributed by atoms with van der Waals surface area (Å²) in [6.45, 7) is 0.409. The van der Waals surface area contributed by atoms with Crippen LogP contribution in [0.1, 0.15) is 5.56 Å². The molecule has 0 aliphatic heterocycles.